The molecule has 1 aliphatic rings. The average molecular weight is 471 g/mol. The van der Waals surface area contributed by atoms with Crippen molar-refractivity contribution in [2.45, 2.75) is 19.8 Å². The summed E-state index contributed by atoms with van der Waals surface area (Å²) < 4.78 is 18.5. The van der Waals surface area contributed by atoms with E-state index in [0.29, 0.717) is 40.6 Å². The summed E-state index contributed by atoms with van der Waals surface area (Å²) in [6.45, 7) is 3.83. The van der Waals surface area contributed by atoms with Gasteiger partial charge in [0.25, 0.3) is 0 Å². The van der Waals surface area contributed by atoms with Crippen molar-refractivity contribution in [3.8, 4) is 35.2 Å². The van der Waals surface area contributed by atoms with Crippen molar-refractivity contribution in [2.75, 3.05) is 13.2 Å². The molecule has 10 heteroatoms. The fraction of sp³-hybridized carbons (Fsp3) is 0.200. The minimum Gasteiger partial charge on any atom is -0.490 e. The molecule has 3 aromatic rings. The molecule has 0 radical (unpaired) electrons. The lowest BCUT2D eigenvalue weighted by molar-refractivity contribution is 0.0697. The molecule has 2 aromatic carbocycles. The van der Waals surface area contributed by atoms with E-state index in [-0.39, 0.29) is 29.5 Å². The molecule has 0 amide bonds. The SMILES string of the molecule is CCOc1cc(C2C(C#N)=C(N)Oc3c2c(C)nn3-c2cccc(C(=O)O)c2)ccc1OCC#N. The molecule has 0 bridgehead atoms. The molecular formula is C25H21N5O5. The number of carboxylic acids is 1. The first-order valence-electron chi connectivity index (χ1n) is 10.7. The highest BCUT2D eigenvalue weighted by atomic mass is 16.5. The van der Waals surface area contributed by atoms with E-state index >= 15 is 0 Å². The van der Waals surface area contributed by atoms with Gasteiger partial charge in [-0.1, -0.05) is 12.1 Å². The molecule has 3 N–H and O–H groups in total. The van der Waals surface area contributed by atoms with Crippen LogP contribution in [0.15, 0.2) is 53.9 Å². The van der Waals surface area contributed by atoms with Crippen molar-refractivity contribution in [3.63, 3.8) is 0 Å². The first kappa shape index (κ1) is 23.2. The molecule has 1 aliphatic heterocycles. The number of aryl methyl sites for hydroxylation is 1. The van der Waals surface area contributed by atoms with Crippen LogP contribution in [0.3, 0.4) is 0 Å². The van der Waals surface area contributed by atoms with Gasteiger partial charge in [0.2, 0.25) is 11.8 Å². The van der Waals surface area contributed by atoms with Crippen LogP contribution in [0.25, 0.3) is 5.69 Å². The Hall–Kier alpha value is -4.96. The normalized spacial score (nSPS) is 14.3. The number of benzene rings is 2. The van der Waals surface area contributed by atoms with Crippen LogP contribution in [-0.2, 0) is 0 Å². The lowest BCUT2D eigenvalue weighted by atomic mass is 9.84. The number of carboxylic acid groups (broad SMARTS) is 1. The maximum Gasteiger partial charge on any atom is 0.335 e. The van der Waals surface area contributed by atoms with Crippen LogP contribution >= 0.6 is 0 Å². The van der Waals surface area contributed by atoms with E-state index in [4.69, 9.17) is 25.2 Å². The van der Waals surface area contributed by atoms with Gasteiger partial charge in [-0.3, -0.25) is 0 Å². The molecule has 1 aromatic heterocycles. The van der Waals surface area contributed by atoms with E-state index in [2.05, 4.69) is 11.2 Å². The molecule has 0 saturated carbocycles. The standard InChI is InChI=1S/C25H21N5O5/c1-3-33-20-12-15(7-8-19(20)34-10-9-26)22-18(13-27)23(28)35-24-21(22)14(2)29-30(24)17-6-4-5-16(11-17)25(31)32/h4-8,11-12,22H,3,10,28H2,1-2H3,(H,31,32). The van der Waals surface area contributed by atoms with Crippen molar-refractivity contribution in [1.82, 2.24) is 9.78 Å². The number of allylic oxidation sites excluding steroid dienone is 1. The molecule has 0 saturated heterocycles. The van der Waals surface area contributed by atoms with Crippen molar-refractivity contribution >= 4 is 5.97 Å². The van der Waals surface area contributed by atoms with Crippen molar-refractivity contribution in [1.29, 1.82) is 10.5 Å². The third-order valence-corrected chi connectivity index (χ3v) is 5.46. The zero-order chi connectivity index (χ0) is 25.1. The fourth-order valence-electron chi connectivity index (χ4n) is 3.99. The Kier molecular flexibility index (Phi) is 6.30. The average Bonchev–Trinajstić information content (AvgIpc) is 3.18. The summed E-state index contributed by atoms with van der Waals surface area (Å²) in [7, 11) is 0. The van der Waals surface area contributed by atoms with Gasteiger partial charge in [0.1, 0.15) is 17.7 Å². The fourth-order valence-corrected chi connectivity index (χ4v) is 3.99. The number of nitrogens with zero attached hydrogens (tertiary/aromatic N) is 4. The summed E-state index contributed by atoms with van der Waals surface area (Å²) in [5, 5.41) is 32.7. The Bertz CT molecular complexity index is 1430. The van der Waals surface area contributed by atoms with Crippen LogP contribution in [0.5, 0.6) is 17.4 Å². The summed E-state index contributed by atoms with van der Waals surface area (Å²) in [6.07, 6.45) is 0. The van der Waals surface area contributed by atoms with E-state index in [1.54, 1.807) is 37.3 Å². The minimum atomic E-state index is -1.07. The van der Waals surface area contributed by atoms with E-state index in [9.17, 15) is 15.2 Å². The van der Waals surface area contributed by atoms with Gasteiger partial charge in [0.15, 0.2) is 18.1 Å². The van der Waals surface area contributed by atoms with E-state index in [1.807, 2.05) is 13.0 Å². The van der Waals surface area contributed by atoms with Crippen molar-refractivity contribution in [3.05, 3.63) is 76.3 Å². The van der Waals surface area contributed by atoms with E-state index in [1.165, 1.54) is 16.8 Å². The second kappa shape index (κ2) is 9.49. The van der Waals surface area contributed by atoms with Gasteiger partial charge in [-0.2, -0.15) is 15.6 Å². The molecule has 1 atom stereocenters. The summed E-state index contributed by atoms with van der Waals surface area (Å²) in [5.41, 5.74) is 8.80. The number of aromatic carboxylic acids is 1. The Morgan fingerprint density at radius 1 is 1.23 bits per heavy atom. The first-order valence-corrected chi connectivity index (χ1v) is 10.7. The van der Waals surface area contributed by atoms with E-state index < -0.39 is 11.9 Å². The van der Waals surface area contributed by atoms with Gasteiger partial charge in [-0.25, -0.2) is 9.48 Å². The predicted octanol–water partition coefficient (Wildman–Crippen LogP) is 3.40. The number of hydrogen-bond donors (Lipinski definition) is 2. The molecule has 4 rings (SSSR count). The van der Waals surface area contributed by atoms with Crippen LogP contribution in [0.4, 0.5) is 0 Å². The Labute approximate surface area is 201 Å². The zero-order valence-corrected chi connectivity index (χ0v) is 19.0. The summed E-state index contributed by atoms with van der Waals surface area (Å²) >= 11 is 0. The summed E-state index contributed by atoms with van der Waals surface area (Å²) in [5.74, 6) is -0.667. The predicted molar refractivity (Wildman–Crippen MR) is 123 cm³/mol. The maximum atomic E-state index is 11.5. The van der Waals surface area contributed by atoms with Crippen LogP contribution in [0.2, 0.25) is 0 Å². The smallest absolute Gasteiger partial charge is 0.335 e. The number of nitrogens with two attached hydrogens (primary N) is 1. The summed E-state index contributed by atoms with van der Waals surface area (Å²) in [4.78, 5) is 11.5. The largest absolute Gasteiger partial charge is 0.490 e. The zero-order valence-electron chi connectivity index (χ0n) is 19.0. The number of fused-ring (bicyclic) bond motifs is 1. The first-order chi connectivity index (χ1) is 16.9. The molecule has 0 fully saturated rings. The van der Waals surface area contributed by atoms with Crippen LogP contribution in [0, 0.1) is 29.6 Å². The lowest BCUT2D eigenvalue weighted by Crippen LogP contribution is -2.22. The molecule has 0 aliphatic carbocycles. The third kappa shape index (κ3) is 4.21. The Morgan fingerprint density at radius 3 is 2.71 bits per heavy atom. The van der Waals surface area contributed by atoms with Gasteiger partial charge in [-0.15, -0.1) is 0 Å². The number of carbonyl (C=O) groups is 1. The molecule has 176 valence electrons. The maximum absolute atomic E-state index is 11.5. The lowest BCUT2D eigenvalue weighted by Gasteiger charge is -2.25. The van der Waals surface area contributed by atoms with Gasteiger partial charge in [-0.05, 0) is 49.7 Å². The number of hydrogen-bond acceptors (Lipinski definition) is 8. The third-order valence-electron chi connectivity index (χ3n) is 5.46. The molecule has 2 heterocycles. The summed E-state index contributed by atoms with van der Waals surface area (Å²) in [6, 6.07) is 15.5. The van der Waals surface area contributed by atoms with Gasteiger partial charge in [0, 0.05) is 0 Å². The Balaban J connectivity index is 1.89. The number of aromatic nitrogens is 2. The topological polar surface area (TPSA) is 156 Å². The quantitative estimate of drug-likeness (QED) is 0.527. The highest BCUT2D eigenvalue weighted by Crippen LogP contribution is 2.46. The van der Waals surface area contributed by atoms with Gasteiger partial charge >= 0.3 is 5.97 Å². The van der Waals surface area contributed by atoms with Gasteiger partial charge in [0.05, 0.1) is 35.0 Å². The number of ether oxygens (including phenoxy) is 3. The molecular weight excluding hydrogens is 450 g/mol. The van der Waals surface area contributed by atoms with Crippen LogP contribution < -0.4 is 19.9 Å². The molecule has 35 heavy (non-hydrogen) atoms. The highest BCUT2D eigenvalue weighted by Gasteiger charge is 2.36. The number of nitriles is 2. The van der Waals surface area contributed by atoms with Gasteiger partial charge < -0.3 is 25.1 Å². The monoisotopic (exact) mass is 471 g/mol. The van der Waals surface area contributed by atoms with Crippen LogP contribution in [0.1, 0.15) is 40.0 Å². The second-order valence-electron chi connectivity index (χ2n) is 7.58. The molecule has 1 unspecified atom stereocenters. The highest BCUT2D eigenvalue weighted by molar-refractivity contribution is 5.88. The van der Waals surface area contributed by atoms with Crippen molar-refractivity contribution < 1.29 is 24.1 Å². The second-order valence-corrected chi connectivity index (χ2v) is 7.58. The van der Waals surface area contributed by atoms with E-state index in [0.717, 1.165) is 0 Å². The number of rotatable bonds is 7. The Morgan fingerprint density at radius 2 is 2.03 bits per heavy atom. The van der Waals surface area contributed by atoms with Crippen LogP contribution in [-0.4, -0.2) is 34.1 Å². The molecule has 10 nitrogen and oxygen atoms in total. The molecule has 0 spiro atoms. The van der Waals surface area contributed by atoms with Crippen molar-refractivity contribution in [2.24, 2.45) is 5.73 Å². The minimum absolute atomic E-state index is 0.0803.